The predicted molar refractivity (Wildman–Crippen MR) is 123 cm³/mol. The fourth-order valence-corrected chi connectivity index (χ4v) is 6.74. The molecule has 0 aromatic rings. The lowest BCUT2D eigenvalue weighted by atomic mass is 9.48. The number of fused-ring (bicyclic) bond motifs is 1. The Labute approximate surface area is 201 Å². The van der Waals surface area contributed by atoms with Crippen molar-refractivity contribution < 1.29 is 45.2 Å². The summed E-state index contributed by atoms with van der Waals surface area (Å²) in [7, 11) is 0. The summed E-state index contributed by atoms with van der Waals surface area (Å²) in [5.74, 6) is -0.263. The second-order valence-electron chi connectivity index (χ2n) is 10.9. The zero-order valence-corrected chi connectivity index (χ0v) is 20.4. The van der Waals surface area contributed by atoms with Gasteiger partial charge in [0, 0.05) is 12.5 Å². The molecule has 0 aromatic carbocycles. The van der Waals surface area contributed by atoms with E-state index in [0.29, 0.717) is 32.1 Å². The Kier molecular flexibility index (Phi) is 8.98. The van der Waals surface area contributed by atoms with E-state index in [-0.39, 0.29) is 32.3 Å². The van der Waals surface area contributed by atoms with Gasteiger partial charge in [-0.15, -0.1) is 0 Å². The monoisotopic (exact) mass is 486 g/mol. The van der Waals surface area contributed by atoms with Crippen LogP contribution in [0.2, 0.25) is 0 Å². The maximum absolute atomic E-state index is 10.8. The first kappa shape index (κ1) is 27.7. The molecule has 0 amide bonds. The van der Waals surface area contributed by atoms with Gasteiger partial charge in [-0.05, 0) is 55.4 Å². The van der Waals surface area contributed by atoms with Crippen LogP contribution < -0.4 is 0 Å². The van der Waals surface area contributed by atoms with E-state index in [4.69, 9.17) is 9.47 Å². The maximum atomic E-state index is 10.8. The second-order valence-corrected chi connectivity index (χ2v) is 10.9. The van der Waals surface area contributed by atoms with E-state index < -0.39 is 47.6 Å². The third kappa shape index (κ3) is 5.28. The molecule has 9 nitrogen and oxygen atoms in total. The summed E-state index contributed by atoms with van der Waals surface area (Å²) in [6.45, 7) is 5.31. The maximum Gasteiger partial charge on any atom is 0.186 e. The van der Waals surface area contributed by atoms with Gasteiger partial charge in [0.05, 0.1) is 32.0 Å². The van der Waals surface area contributed by atoms with Crippen molar-refractivity contribution in [2.24, 2.45) is 16.7 Å². The molecule has 1 aliphatic heterocycles. The van der Waals surface area contributed by atoms with Crippen LogP contribution in [0.1, 0.15) is 52.9 Å². The third-order valence-electron chi connectivity index (χ3n) is 8.26. The molecule has 2 aliphatic carbocycles. The van der Waals surface area contributed by atoms with Crippen molar-refractivity contribution in [1.29, 1.82) is 0 Å². The second kappa shape index (κ2) is 11.0. The highest BCUT2D eigenvalue weighted by atomic mass is 16.7. The number of rotatable bonds is 8. The number of hydrogen-bond donors (Lipinski definition) is 7. The van der Waals surface area contributed by atoms with Gasteiger partial charge in [0.25, 0.3) is 0 Å². The highest BCUT2D eigenvalue weighted by molar-refractivity contribution is 5.32. The van der Waals surface area contributed by atoms with Crippen molar-refractivity contribution in [3.05, 3.63) is 22.8 Å². The van der Waals surface area contributed by atoms with Crippen LogP contribution >= 0.6 is 0 Å². The van der Waals surface area contributed by atoms with E-state index in [1.54, 1.807) is 6.08 Å². The van der Waals surface area contributed by atoms with Crippen molar-refractivity contribution >= 4 is 0 Å². The first-order valence-corrected chi connectivity index (χ1v) is 12.2. The SMILES string of the molecule is C/C(=C\CO)CCC1=C(CO)C[C@H](O[C@@H]2OC[C@H](O)[C@H](O)[C@H]2O)C2[C@@](C)(CO)C[C@H](O)C[C@]12C. The van der Waals surface area contributed by atoms with Crippen molar-refractivity contribution in [2.45, 2.75) is 89.7 Å². The Balaban J connectivity index is 2.00. The van der Waals surface area contributed by atoms with Gasteiger partial charge in [-0.3, -0.25) is 0 Å². The normalized spacial score (nSPS) is 43.7. The molecule has 9 heteroatoms. The van der Waals surface area contributed by atoms with Crippen LogP contribution in [0, 0.1) is 16.7 Å². The summed E-state index contributed by atoms with van der Waals surface area (Å²) < 4.78 is 11.8. The minimum atomic E-state index is -1.45. The molecule has 2 fully saturated rings. The standard InChI is InChI=1S/C25H42O9/c1-14(6-7-26)4-5-17-15(11-27)8-19(34-23-21(32)20(31)18(30)12-33-23)22-24(2,13-28)9-16(29)10-25(17,22)3/h6,16,18-23,26-32H,4-5,7-13H2,1-3H3/b14-6+/t16-,18-,19-,20-,21+,22?,23-,24+,25+/m0/s1. The average molecular weight is 487 g/mol. The fraction of sp³-hybridized carbons (Fsp3) is 0.840. The number of aliphatic hydroxyl groups excluding tert-OH is 7. The highest BCUT2D eigenvalue weighted by Crippen LogP contribution is 2.61. The molecule has 1 unspecified atom stereocenters. The number of ether oxygens (including phenoxy) is 2. The molecule has 3 rings (SSSR count). The van der Waals surface area contributed by atoms with Crippen molar-refractivity contribution in [2.75, 3.05) is 26.4 Å². The van der Waals surface area contributed by atoms with Crippen LogP contribution in [-0.4, -0.2) is 99.0 Å². The van der Waals surface area contributed by atoms with E-state index in [1.807, 2.05) is 20.8 Å². The van der Waals surface area contributed by atoms with Crippen LogP contribution in [-0.2, 0) is 9.47 Å². The van der Waals surface area contributed by atoms with Crippen LogP contribution in [0.5, 0.6) is 0 Å². The summed E-state index contributed by atoms with van der Waals surface area (Å²) in [6, 6.07) is 0. The average Bonchev–Trinajstić information content (AvgIpc) is 2.77. The van der Waals surface area contributed by atoms with Crippen LogP contribution in [0.15, 0.2) is 22.8 Å². The molecule has 0 aromatic heterocycles. The Morgan fingerprint density at radius 2 is 1.79 bits per heavy atom. The summed E-state index contributed by atoms with van der Waals surface area (Å²) >= 11 is 0. The molecular formula is C25H42O9. The number of allylic oxidation sites excluding steroid dienone is 2. The van der Waals surface area contributed by atoms with E-state index in [9.17, 15) is 35.7 Å². The van der Waals surface area contributed by atoms with Gasteiger partial charge in [0.1, 0.15) is 18.3 Å². The minimum Gasteiger partial charge on any atom is -0.396 e. The molecule has 1 heterocycles. The summed E-state index contributed by atoms with van der Waals surface area (Å²) in [5, 5.41) is 71.2. The fourth-order valence-electron chi connectivity index (χ4n) is 6.74. The molecule has 0 radical (unpaired) electrons. The van der Waals surface area contributed by atoms with Crippen LogP contribution in [0.3, 0.4) is 0 Å². The molecule has 1 saturated heterocycles. The molecule has 9 atom stereocenters. The molecule has 1 saturated carbocycles. The van der Waals surface area contributed by atoms with E-state index >= 15 is 0 Å². The summed E-state index contributed by atoms with van der Waals surface area (Å²) in [4.78, 5) is 0. The summed E-state index contributed by atoms with van der Waals surface area (Å²) in [6.07, 6.45) is -2.19. The van der Waals surface area contributed by atoms with Gasteiger partial charge < -0.3 is 45.2 Å². The highest BCUT2D eigenvalue weighted by Gasteiger charge is 2.59. The largest absolute Gasteiger partial charge is 0.396 e. The first-order chi connectivity index (χ1) is 16.0. The molecule has 7 N–H and O–H groups in total. The van der Waals surface area contributed by atoms with Gasteiger partial charge in [-0.2, -0.15) is 0 Å². The smallest absolute Gasteiger partial charge is 0.186 e. The van der Waals surface area contributed by atoms with Crippen LogP contribution in [0.4, 0.5) is 0 Å². The lowest BCUT2D eigenvalue weighted by Gasteiger charge is -2.60. The zero-order chi connectivity index (χ0) is 25.3. The Hall–Kier alpha value is -0.880. The van der Waals surface area contributed by atoms with Gasteiger partial charge in [-0.1, -0.05) is 31.1 Å². The van der Waals surface area contributed by atoms with E-state index in [2.05, 4.69) is 0 Å². The van der Waals surface area contributed by atoms with Crippen molar-refractivity contribution in [3.8, 4) is 0 Å². The molecular weight excluding hydrogens is 444 g/mol. The van der Waals surface area contributed by atoms with Crippen molar-refractivity contribution in [1.82, 2.24) is 0 Å². The topological polar surface area (TPSA) is 160 Å². The van der Waals surface area contributed by atoms with Gasteiger partial charge in [0.15, 0.2) is 6.29 Å². The lowest BCUT2D eigenvalue weighted by molar-refractivity contribution is -0.299. The lowest BCUT2D eigenvalue weighted by Crippen LogP contribution is -2.61. The van der Waals surface area contributed by atoms with E-state index in [1.165, 1.54) is 0 Å². The van der Waals surface area contributed by atoms with Gasteiger partial charge in [0.2, 0.25) is 0 Å². The molecule has 0 spiro atoms. The minimum absolute atomic E-state index is 0.0426. The van der Waals surface area contributed by atoms with E-state index in [0.717, 1.165) is 16.7 Å². The predicted octanol–water partition coefficient (Wildman–Crippen LogP) is -0.00220. The van der Waals surface area contributed by atoms with Gasteiger partial charge in [-0.25, -0.2) is 0 Å². The zero-order valence-electron chi connectivity index (χ0n) is 20.4. The molecule has 34 heavy (non-hydrogen) atoms. The Bertz CT molecular complexity index is 767. The number of aliphatic hydroxyl groups is 7. The first-order valence-electron chi connectivity index (χ1n) is 12.2. The van der Waals surface area contributed by atoms with Crippen LogP contribution in [0.25, 0.3) is 0 Å². The Morgan fingerprint density at radius 1 is 1.09 bits per heavy atom. The molecule has 0 bridgehead atoms. The Morgan fingerprint density at radius 3 is 2.41 bits per heavy atom. The summed E-state index contributed by atoms with van der Waals surface area (Å²) in [5.41, 5.74) is 1.55. The van der Waals surface area contributed by atoms with Gasteiger partial charge >= 0.3 is 0 Å². The molecule has 3 aliphatic rings. The molecule has 196 valence electrons. The quantitative estimate of drug-likeness (QED) is 0.234. The van der Waals surface area contributed by atoms with Crippen molar-refractivity contribution in [3.63, 3.8) is 0 Å². The number of hydrogen-bond acceptors (Lipinski definition) is 9. The third-order valence-corrected chi connectivity index (χ3v) is 8.26.